The molecule has 0 aromatic heterocycles. The van der Waals surface area contributed by atoms with E-state index >= 15 is 0 Å². The number of ketones is 1. The van der Waals surface area contributed by atoms with Crippen molar-refractivity contribution in [2.75, 3.05) is 26.8 Å². The molecule has 0 radical (unpaired) electrons. The maximum atomic E-state index is 12.0. The molecule has 1 aliphatic heterocycles. The van der Waals surface area contributed by atoms with Gasteiger partial charge in [-0.2, -0.15) is 0 Å². The van der Waals surface area contributed by atoms with Crippen LogP contribution in [0.25, 0.3) is 0 Å². The lowest BCUT2D eigenvalue weighted by molar-refractivity contribution is 0.0989. The van der Waals surface area contributed by atoms with E-state index in [4.69, 9.17) is 9.47 Å². The number of nitrogens with one attached hydrogen (secondary N) is 1. The first kappa shape index (κ1) is 12.4. The summed E-state index contributed by atoms with van der Waals surface area (Å²) >= 11 is 3.39. The zero-order valence-corrected chi connectivity index (χ0v) is 11.2. The van der Waals surface area contributed by atoms with E-state index in [9.17, 15) is 4.79 Å². The Hall–Kier alpha value is -1.07. The van der Waals surface area contributed by atoms with Crippen LogP contribution in [-0.4, -0.2) is 32.6 Å². The minimum absolute atomic E-state index is 0.0123. The Labute approximate surface area is 108 Å². The van der Waals surface area contributed by atoms with Gasteiger partial charge in [-0.15, -0.1) is 0 Å². The number of carbonyl (C=O) groups excluding carboxylic acids is 1. The number of Topliss-reactive ketones (excluding diaryl/α,β-unsaturated/α-hetero) is 1. The van der Waals surface area contributed by atoms with Crippen molar-refractivity contribution in [3.05, 3.63) is 22.2 Å². The third kappa shape index (κ3) is 2.61. The van der Waals surface area contributed by atoms with E-state index in [0.29, 0.717) is 30.3 Å². The van der Waals surface area contributed by atoms with Gasteiger partial charge in [0.05, 0.1) is 25.3 Å². The first-order chi connectivity index (χ1) is 8.24. The number of likely N-dealkylation sites (N-methyl/N-ethyl adjacent to an activating group) is 1. The summed E-state index contributed by atoms with van der Waals surface area (Å²) in [5, 5.41) is 2.85. The maximum absolute atomic E-state index is 12.0. The SMILES string of the molecule is CNCC(=O)c1c(Br)ccc2c1OCCCO2. The summed E-state index contributed by atoms with van der Waals surface area (Å²) < 4.78 is 11.9. The maximum Gasteiger partial charge on any atom is 0.181 e. The van der Waals surface area contributed by atoms with Gasteiger partial charge in [0.25, 0.3) is 0 Å². The monoisotopic (exact) mass is 299 g/mol. The van der Waals surface area contributed by atoms with Gasteiger partial charge in [0.2, 0.25) is 0 Å². The van der Waals surface area contributed by atoms with Crippen molar-refractivity contribution in [2.24, 2.45) is 0 Å². The second-order valence-corrected chi connectivity index (χ2v) is 4.61. The Kier molecular flexibility index (Phi) is 4.02. The lowest BCUT2D eigenvalue weighted by Gasteiger charge is -2.13. The predicted molar refractivity (Wildman–Crippen MR) is 68.0 cm³/mol. The van der Waals surface area contributed by atoms with Crippen LogP contribution in [0, 0.1) is 0 Å². The summed E-state index contributed by atoms with van der Waals surface area (Å²) in [4.78, 5) is 12.0. The molecule has 1 aromatic carbocycles. The molecule has 92 valence electrons. The van der Waals surface area contributed by atoms with Gasteiger partial charge in [0.15, 0.2) is 17.3 Å². The van der Waals surface area contributed by atoms with Crippen LogP contribution in [0.3, 0.4) is 0 Å². The standard InChI is InChI=1S/C12H14BrNO3/c1-14-7-9(15)11-8(13)3-4-10-12(11)17-6-2-5-16-10/h3-4,14H,2,5-7H2,1H3. The summed E-state index contributed by atoms with van der Waals surface area (Å²) in [6.45, 7) is 1.47. The molecule has 0 saturated carbocycles. The number of ether oxygens (including phenoxy) is 2. The van der Waals surface area contributed by atoms with Gasteiger partial charge in [-0.3, -0.25) is 4.79 Å². The second kappa shape index (κ2) is 5.51. The average Bonchev–Trinajstić information content (AvgIpc) is 2.54. The zero-order valence-electron chi connectivity index (χ0n) is 9.59. The lowest BCUT2D eigenvalue weighted by atomic mass is 10.1. The van der Waals surface area contributed by atoms with Crippen LogP contribution in [0.2, 0.25) is 0 Å². The van der Waals surface area contributed by atoms with Crippen LogP contribution in [0.15, 0.2) is 16.6 Å². The van der Waals surface area contributed by atoms with Crippen molar-refractivity contribution in [3.8, 4) is 11.5 Å². The van der Waals surface area contributed by atoms with Crippen LogP contribution in [0.4, 0.5) is 0 Å². The molecule has 0 atom stereocenters. The summed E-state index contributed by atoms with van der Waals surface area (Å²) in [6.07, 6.45) is 0.825. The van der Waals surface area contributed by atoms with E-state index in [2.05, 4.69) is 21.2 Å². The number of hydrogen-bond donors (Lipinski definition) is 1. The lowest BCUT2D eigenvalue weighted by Crippen LogP contribution is -2.19. The van der Waals surface area contributed by atoms with E-state index < -0.39 is 0 Å². The number of hydrogen-bond acceptors (Lipinski definition) is 4. The molecule has 2 rings (SSSR count). The quantitative estimate of drug-likeness (QED) is 0.868. The van der Waals surface area contributed by atoms with Gasteiger partial charge in [-0.25, -0.2) is 0 Å². The Morgan fingerprint density at radius 1 is 1.41 bits per heavy atom. The van der Waals surface area contributed by atoms with E-state index in [-0.39, 0.29) is 12.3 Å². The topological polar surface area (TPSA) is 47.6 Å². The molecule has 5 heteroatoms. The van der Waals surface area contributed by atoms with Gasteiger partial charge in [-0.1, -0.05) is 0 Å². The van der Waals surface area contributed by atoms with E-state index in [1.165, 1.54) is 0 Å². The molecule has 0 bridgehead atoms. The number of carbonyl (C=O) groups is 1. The summed E-state index contributed by atoms with van der Waals surface area (Å²) in [5.74, 6) is 1.18. The number of benzene rings is 1. The highest BCUT2D eigenvalue weighted by molar-refractivity contribution is 9.10. The van der Waals surface area contributed by atoms with Crippen molar-refractivity contribution in [2.45, 2.75) is 6.42 Å². The van der Waals surface area contributed by atoms with Gasteiger partial charge in [-0.05, 0) is 35.1 Å². The fourth-order valence-corrected chi connectivity index (χ4v) is 2.25. The molecular formula is C12H14BrNO3. The molecule has 0 unspecified atom stereocenters. The minimum Gasteiger partial charge on any atom is -0.490 e. The summed E-state index contributed by atoms with van der Waals surface area (Å²) in [5.41, 5.74) is 0.554. The second-order valence-electron chi connectivity index (χ2n) is 3.75. The van der Waals surface area contributed by atoms with E-state index in [0.717, 1.165) is 10.9 Å². The highest BCUT2D eigenvalue weighted by atomic mass is 79.9. The first-order valence-electron chi connectivity index (χ1n) is 5.50. The summed E-state index contributed by atoms with van der Waals surface area (Å²) in [7, 11) is 1.74. The smallest absolute Gasteiger partial charge is 0.181 e. The van der Waals surface area contributed by atoms with Crippen LogP contribution in [0.1, 0.15) is 16.8 Å². The first-order valence-corrected chi connectivity index (χ1v) is 6.29. The Balaban J connectivity index is 2.45. The van der Waals surface area contributed by atoms with Crippen molar-refractivity contribution >= 4 is 21.7 Å². The van der Waals surface area contributed by atoms with Gasteiger partial charge in [0, 0.05) is 10.9 Å². The number of rotatable bonds is 3. The van der Waals surface area contributed by atoms with Crippen molar-refractivity contribution < 1.29 is 14.3 Å². The summed E-state index contributed by atoms with van der Waals surface area (Å²) in [6, 6.07) is 3.64. The molecule has 0 saturated heterocycles. The van der Waals surface area contributed by atoms with Crippen LogP contribution in [-0.2, 0) is 0 Å². The fraction of sp³-hybridized carbons (Fsp3) is 0.417. The molecule has 1 heterocycles. The Bertz CT molecular complexity index is 434. The zero-order chi connectivity index (χ0) is 12.3. The average molecular weight is 300 g/mol. The molecule has 0 amide bonds. The van der Waals surface area contributed by atoms with E-state index in [1.807, 2.05) is 12.1 Å². The van der Waals surface area contributed by atoms with Gasteiger partial charge < -0.3 is 14.8 Å². The normalized spacial score (nSPS) is 14.2. The highest BCUT2D eigenvalue weighted by Gasteiger charge is 2.22. The molecule has 0 spiro atoms. The van der Waals surface area contributed by atoms with Crippen molar-refractivity contribution in [1.29, 1.82) is 0 Å². The highest BCUT2D eigenvalue weighted by Crippen LogP contribution is 2.37. The third-order valence-corrected chi connectivity index (χ3v) is 3.14. The molecule has 4 nitrogen and oxygen atoms in total. The molecule has 17 heavy (non-hydrogen) atoms. The van der Waals surface area contributed by atoms with Gasteiger partial charge in [0.1, 0.15) is 0 Å². The minimum atomic E-state index is -0.0123. The van der Waals surface area contributed by atoms with Crippen LogP contribution in [0.5, 0.6) is 11.5 Å². The fourth-order valence-electron chi connectivity index (χ4n) is 1.72. The Morgan fingerprint density at radius 3 is 2.94 bits per heavy atom. The van der Waals surface area contributed by atoms with Crippen molar-refractivity contribution in [1.82, 2.24) is 5.32 Å². The molecule has 1 aliphatic rings. The molecule has 0 aliphatic carbocycles. The number of halogens is 1. The Morgan fingerprint density at radius 2 is 2.18 bits per heavy atom. The van der Waals surface area contributed by atoms with Crippen molar-refractivity contribution in [3.63, 3.8) is 0 Å². The molecular weight excluding hydrogens is 286 g/mol. The molecule has 0 fully saturated rings. The van der Waals surface area contributed by atoms with Crippen LogP contribution < -0.4 is 14.8 Å². The van der Waals surface area contributed by atoms with Crippen LogP contribution >= 0.6 is 15.9 Å². The predicted octanol–water partition coefficient (Wildman–Crippen LogP) is 2.01. The largest absolute Gasteiger partial charge is 0.490 e. The number of fused-ring (bicyclic) bond motifs is 1. The molecule has 1 N–H and O–H groups in total. The van der Waals surface area contributed by atoms with Gasteiger partial charge >= 0.3 is 0 Å². The third-order valence-electron chi connectivity index (χ3n) is 2.48. The molecule has 1 aromatic rings. The van der Waals surface area contributed by atoms with E-state index in [1.54, 1.807) is 7.05 Å².